The van der Waals surface area contributed by atoms with Gasteiger partial charge in [0.05, 0.1) is 0 Å². The Morgan fingerprint density at radius 1 is 1.00 bits per heavy atom. The number of rotatable bonds is 4. The van der Waals surface area contributed by atoms with Gasteiger partial charge in [-0.05, 0) is 30.7 Å². The second kappa shape index (κ2) is 5.93. The van der Waals surface area contributed by atoms with Crippen molar-refractivity contribution in [3.63, 3.8) is 0 Å². The lowest BCUT2D eigenvalue weighted by Gasteiger charge is -2.17. The van der Waals surface area contributed by atoms with Crippen molar-refractivity contribution < 1.29 is 8.78 Å². The molecule has 3 heteroatoms. The van der Waals surface area contributed by atoms with Crippen LogP contribution >= 0.6 is 0 Å². The molecule has 0 amide bonds. The second-order valence-electron chi connectivity index (χ2n) is 4.47. The zero-order valence-corrected chi connectivity index (χ0v) is 11.1. The second-order valence-corrected chi connectivity index (χ2v) is 4.47. The minimum absolute atomic E-state index is 0.0869. The Kier molecular flexibility index (Phi) is 4.27. The maximum Gasteiger partial charge on any atom is 0.166 e. The van der Waals surface area contributed by atoms with Crippen LogP contribution < -0.4 is 5.32 Å². The molecule has 1 atom stereocenters. The Labute approximate surface area is 112 Å². The Bertz CT molecular complexity index is 566. The summed E-state index contributed by atoms with van der Waals surface area (Å²) in [5.74, 6) is -1.61. The van der Waals surface area contributed by atoms with Gasteiger partial charge in [0, 0.05) is 11.6 Å². The number of nitrogens with one attached hydrogen (secondary N) is 1. The molecule has 1 N–H and O–H groups in total. The van der Waals surface area contributed by atoms with Crippen molar-refractivity contribution in [2.75, 3.05) is 6.54 Å². The van der Waals surface area contributed by atoms with Crippen LogP contribution in [0.15, 0.2) is 42.5 Å². The Hall–Kier alpha value is -1.74. The van der Waals surface area contributed by atoms with Crippen LogP contribution in [0.3, 0.4) is 0 Å². The Morgan fingerprint density at radius 3 is 2.42 bits per heavy atom. The average molecular weight is 261 g/mol. The fourth-order valence-electron chi connectivity index (χ4n) is 2.25. The summed E-state index contributed by atoms with van der Waals surface area (Å²) in [6, 6.07) is 11.9. The summed E-state index contributed by atoms with van der Waals surface area (Å²) in [6.07, 6.45) is 0. The maximum absolute atomic E-state index is 13.9. The van der Waals surface area contributed by atoms with Crippen LogP contribution in [-0.2, 0) is 0 Å². The summed E-state index contributed by atoms with van der Waals surface area (Å²) in [4.78, 5) is 0. The van der Waals surface area contributed by atoms with Crippen LogP contribution in [0.5, 0.6) is 0 Å². The molecule has 0 bridgehead atoms. The van der Waals surface area contributed by atoms with E-state index < -0.39 is 11.6 Å². The third-order valence-electron chi connectivity index (χ3n) is 3.18. The van der Waals surface area contributed by atoms with Crippen LogP contribution in [0.1, 0.15) is 25.5 Å². The highest BCUT2D eigenvalue weighted by Gasteiger charge is 2.15. The van der Waals surface area contributed by atoms with Gasteiger partial charge in [-0.25, -0.2) is 8.78 Å². The molecule has 0 fully saturated rings. The lowest BCUT2D eigenvalue weighted by molar-refractivity contribution is 0.511. The highest BCUT2D eigenvalue weighted by molar-refractivity contribution is 5.68. The van der Waals surface area contributed by atoms with Crippen molar-refractivity contribution in [2.24, 2.45) is 0 Å². The van der Waals surface area contributed by atoms with Gasteiger partial charge in [0.25, 0.3) is 0 Å². The van der Waals surface area contributed by atoms with E-state index in [0.29, 0.717) is 5.56 Å². The summed E-state index contributed by atoms with van der Waals surface area (Å²) in [7, 11) is 0. The highest BCUT2D eigenvalue weighted by Crippen LogP contribution is 2.30. The van der Waals surface area contributed by atoms with Crippen molar-refractivity contribution in [1.82, 2.24) is 5.32 Å². The molecule has 19 heavy (non-hydrogen) atoms. The van der Waals surface area contributed by atoms with Crippen molar-refractivity contribution in [3.05, 3.63) is 59.7 Å². The predicted molar refractivity (Wildman–Crippen MR) is 73.9 cm³/mol. The van der Waals surface area contributed by atoms with Crippen LogP contribution in [-0.4, -0.2) is 6.54 Å². The zero-order valence-electron chi connectivity index (χ0n) is 11.1. The standard InChI is InChI=1S/C16H17F2N/c1-3-19-11(2)12-7-4-5-8-13(12)14-9-6-10-15(17)16(14)18/h4-11,19H,3H2,1-2H3. The lowest BCUT2D eigenvalue weighted by Crippen LogP contribution is -2.18. The van der Waals surface area contributed by atoms with Gasteiger partial charge in [-0.15, -0.1) is 0 Å². The fraction of sp³-hybridized carbons (Fsp3) is 0.250. The molecular weight excluding hydrogens is 244 g/mol. The van der Waals surface area contributed by atoms with Crippen LogP contribution in [0, 0.1) is 11.6 Å². The largest absolute Gasteiger partial charge is 0.310 e. The molecule has 0 spiro atoms. The summed E-state index contributed by atoms with van der Waals surface area (Å²) >= 11 is 0. The van der Waals surface area contributed by atoms with Gasteiger partial charge < -0.3 is 5.32 Å². The van der Waals surface area contributed by atoms with Gasteiger partial charge in [0.1, 0.15) is 0 Å². The van der Waals surface area contributed by atoms with Gasteiger partial charge in [-0.1, -0.05) is 43.3 Å². The van der Waals surface area contributed by atoms with E-state index in [4.69, 9.17) is 0 Å². The molecule has 100 valence electrons. The van der Waals surface area contributed by atoms with E-state index in [1.807, 2.05) is 38.1 Å². The molecule has 0 radical (unpaired) electrons. The van der Waals surface area contributed by atoms with Gasteiger partial charge in [-0.2, -0.15) is 0 Å². The molecule has 0 saturated heterocycles. The molecule has 2 aromatic rings. The quantitative estimate of drug-likeness (QED) is 0.865. The third-order valence-corrected chi connectivity index (χ3v) is 3.18. The van der Waals surface area contributed by atoms with E-state index in [-0.39, 0.29) is 6.04 Å². The summed E-state index contributed by atoms with van der Waals surface area (Å²) in [5, 5.41) is 3.29. The zero-order chi connectivity index (χ0) is 13.8. The number of hydrogen-bond donors (Lipinski definition) is 1. The molecule has 0 saturated carbocycles. The first kappa shape index (κ1) is 13.7. The van der Waals surface area contributed by atoms with E-state index in [1.54, 1.807) is 6.07 Å². The van der Waals surface area contributed by atoms with Crippen LogP contribution in [0.25, 0.3) is 11.1 Å². The molecule has 0 aliphatic rings. The van der Waals surface area contributed by atoms with E-state index in [0.717, 1.165) is 23.7 Å². The first-order valence-electron chi connectivity index (χ1n) is 6.41. The van der Waals surface area contributed by atoms with Gasteiger partial charge in [0.2, 0.25) is 0 Å². The van der Waals surface area contributed by atoms with Crippen molar-refractivity contribution in [1.29, 1.82) is 0 Å². The first-order chi connectivity index (χ1) is 9.15. The molecule has 0 aliphatic heterocycles. The minimum atomic E-state index is -0.816. The van der Waals surface area contributed by atoms with Gasteiger partial charge >= 0.3 is 0 Å². The normalized spacial score (nSPS) is 12.4. The van der Waals surface area contributed by atoms with E-state index in [9.17, 15) is 8.78 Å². The van der Waals surface area contributed by atoms with Crippen molar-refractivity contribution in [3.8, 4) is 11.1 Å². The Morgan fingerprint density at radius 2 is 1.68 bits per heavy atom. The van der Waals surface area contributed by atoms with Gasteiger partial charge in [0.15, 0.2) is 11.6 Å². The average Bonchev–Trinajstić information content (AvgIpc) is 2.42. The minimum Gasteiger partial charge on any atom is -0.310 e. The maximum atomic E-state index is 13.9. The highest BCUT2D eigenvalue weighted by atomic mass is 19.2. The fourth-order valence-corrected chi connectivity index (χ4v) is 2.25. The summed E-state index contributed by atoms with van der Waals surface area (Å²) in [6.45, 7) is 4.85. The summed E-state index contributed by atoms with van der Waals surface area (Å²) in [5.41, 5.74) is 2.00. The first-order valence-corrected chi connectivity index (χ1v) is 6.41. The third kappa shape index (κ3) is 2.82. The molecule has 0 aromatic heterocycles. The number of benzene rings is 2. The predicted octanol–water partition coefficient (Wildman–Crippen LogP) is 4.30. The lowest BCUT2D eigenvalue weighted by atomic mass is 9.95. The molecule has 2 rings (SSSR count). The number of hydrogen-bond acceptors (Lipinski definition) is 1. The van der Waals surface area contributed by atoms with Gasteiger partial charge in [-0.3, -0.25) is 0 Å². The topological polar surface area (TPSA) is 12.0 Å². The number of halogens is 2. The molecular formula is C16H17F2N. The molecule has 0 aliphatic carbocycles. The summed E-state index contributed by atoms with van der Waals surface area (Å²) < 4.78 is 27.3. The molecule has 1 nitrogen and oxygen atoms in total. The van der Waals surface area contributed by atoms with Crippen LogP contribution in [0.4, 0.5) is 8.78 Å². The molecule has 0 heterocycles. The monoisotopic (exact) mass is 261 g/mol. The Balaban J connectivity index is 2.53. The van der Waals surface area contributed by atoms with Crippen LogP contribution in [0.2, 0.25) is 0 Å². The van der Waals surface area contributed by atoms with Crippen molar-refractivity contribution in [2.45, 2.75) is 19.9 Å². The van der Waals surface area contributed by atoms with E-state index in [2.05, 4.69) is 5.32 Å². The smallest absolute Gasteiger partial charge is 0.166 e. The SMILES string of the molecule is CCNC(C)c1ccccc1-c1cccc(F)c1F. The molecule has 1 unspecified atom stereocenters. The molecule has 2 aromatic carbocycles. The van der Waals surface area contributed by atoms with E-state index in [1.165, 1.54) is 6.07 Å². The van der Waals surface area contributed by atoms with Crippen molar-refractivity contribution >= 4 is 0 Å². The van der Waals surface area contributed by atoms with E-state index >= 15 is 0 Å².